The molecule has 0 saturated heterocycles. The normalized spacial score (nSPS) is 16.3. The van der Waals surface area contributed by atoms with Crippen molar-refractivity contribution in [3.63, 3.8) is 0 Å². The molecule has 1 N–H and O–H groups in total. The number of carbonyl (C=O) groups excluding carboxylic acids is 3. The summed E-state index contributed by atoms with van der Waals surface area (Å²) in [6, 6.07) is 8.34. The fourth-order valence-electron chi connectivity index (χ4n) is 2.61. The molecular weight excluding hydrogens is 347 g/mol. The van der Waals surface area contributed by atoms with Crippen LogP contribution in [0.2, 0.25) is 0 Å². The molecule has 3 rings (SSSR count). The molecule has 0 saturated carbocycles. The highest BCUT2D eigenvalue weighted by molar-refractivity contribution is 6.42. The lowest BCUT2D eigenvalue weighted by molar-refractivity contribution is -0.518. The van der Waals surface area contributed by atoms with Gasteiger partial charge in [-0.15, -0.1) is 0 Å². The second kappa shape index (κ2) is 6.71. The van der Waals surface area contributed by atoms with E-state index >= 15 is 0 Å². The number of carbonyl (C=O) groups is 3. The predicted molar refractivity (Wildman–Crippen MR) is 85.4 cm³/mol. The lowest BCUT2D eigenvalue weighted by Crippen LogP contribution is -2.42. The van der Waals surface area contributed by atoms with Gasteiger partial charge in [-0.25, -0.2) is 9.18 Å². The molecule has 0 aliphatic carbocycles. The highest BCUT2D eigenvalue weighted by Crippen LogP contribution is 2.34. The van der Waals surface area contributed by atoms with Crippen molar-refractivity contribution in [2.75, 3.05) is 5.32 Å². The number of nitrogens with one attached hydrogen (secondary N) is 1. The maximum atomic E-state index is 12.9. The summed E-state index contributed by atoms with van der Waals surface area (Å²) in [5.41, 5.74) is 0.369. The second-order valence-electron chi connectivity index (χ2n) is 5.47. The van der Waals surface area contributed by atoms with Gasteiger partial charge in [0.25, 0.3) is 11.7 Å². The average molecular weight is 358 g/mol. The molecule has 1 aliphatic heterocycles. The van der Waals surface area contributed by atoms with Crippen molar-refractivity contribution in [3.05, 3.63) is 75.6 Å². The summed E-state index contributed by atoms with van der Waals surface area (Å²) in [6.07, 6.45) is -1.50. The van der Waals surface area contributed by atoms with E-state index in [1.165, 1.54) is 30.3 Å². The number of ketones is 1. The third-order valence-electron chi connectivity index (χ3n) is 3.83. The van der Waals surface area contributed by atoms with Gasteiger partial charge in [-0.3, -0.25) is 19.7 Å². The van der Waals surface area contributed by atoms with Gasteiger partial charge in [-0.2, -0.15) is 0 Å². The minimum absolute atomic E-state index is 0.0932. The summed E-state index contributed by atoms with van der Waals surface area (Å²) in [5, 5.41) is 13.6. The summed E-state index contributed by atoms with van der Waals surface area (Å²) >= 11 is 0. The van der Waals surface area contributed by atoms with Crippen LogP contribution in [0.3, 0.4) is 0 Å². The molecule has 8 nitrogen and oxygen atoms in total. The molecule has 0 unspecified atom stereocenters. The molecule has 0 fully saturated rings. The molecule has 0 bridgehead atoms. The number of Topliss-reactive ketones (excluding diaryl/α,β-unsaturated/α-hetero) is 1. The molecule has 0 spiro atoms. The fourth-order valence-corrected chi connectivity index (χ4v) is 2.61. The van der Waals surface area contributed by atoms with Gasteiger partial charge in [-0.1, -0.05) is 18.2 Å². The van der Waals surface area contributed by atoms with Crippen molar-refractivity contribution in [1.82, 2.24) is 0 Å². The first-order chi connectivity index (χ1) is 12.4. The zero-order chi connectivity index (χ0) is 18.8. The zero-order valence-electron chi connectivity index (χ0n) is 13.0. The summed E-state index contributed by atoms with van der Waals surface area (Å²) < 4.78 is 17.8. The Morgan fingerprint density at radius 2 is 1.81 bits per heavy atom. The van der Waals surface area contributed by atoms with Gasteiger partial charge in [-0.05, 0) is 30.3 Å². The Bertz CT molecular complexity index is 912. The van der Waals surface area contributed by atoms with Gasteiger partial charge < -0.3 is 10.1 Å². The third kappa shape index (κ3) is 3.14. The Morgan fingerprint density at radius 3 is 2.46 bits per heavy atom. The Morgan fingerprint density at radius 1 is 1.15 bits per heavy atom. The number of fused-ring (bicyclic) bond motifs is 1. The number of halogens is 1. The minimum atomic E-state index is -2.09. The largest absolute Gasteiger partial charge is 0.446 e. The van der Waals surface area contributed by atoms with E-state index in [2.05, 4.69) is 5.32 Å². The van der Waals surface area contributed by atoms with E-state index in [4.69, 9.17) is 4.74 Å². The van der Waals surface area contributed by atoms with Crippen molar-refractivity contribution in [1.29, 1.82) is 0 Å². The summed E-state index contributed by atoms with van der Waals surface area (Å²) in [5.74, 6) is -4.00. The lowest BCUT2D eigenvalue weighted by atomic mass is 9.97. The number of nitrogens with zero attached hydrogens (tertiary/aromatic N) is 1. The molecule has 1 amide bonds. The van der Waals surface area contributed by atoms with Gasteiger partial charge in [0.1, 0.15) is 5.82 Å². The van der Waals surface area contributed by atoms with Gasteiger partial charge in [0, 0.05) is 16.2 Å². The summed E-state index contributed by atoms with van der Waals surface area (Å²) in [6.45, 7) is 0. The van der Waals surface area contributed by atoms with E-state index in [9.17, 15) is 28.9 Å². The molecule has 2 atom stereocenters. The van der Waals surface area contributed by atoms with E-state index in [1.807, 2.05) is 0 Å². The number of hydrogen-bond acceptors (Lipinski definition) is 6. The SMILES string of the molecule is O=C(Nc1ccc(F)cc1)C(=O)[C@@H]([C@H]1OC(=O)c2ccccc21)[N+](=O)[O-]. The fraction of sp³-hybridized carbons (Fsp3) is 0.118. The van der Waals surface area contributed by atoms with Gasteiger partial charge in [0.15, 0.2) is 0 Å². The molecule has 1 heterocycles. The maximum Gasteiger partial charge on any atom is 0.339 e. The highest BCUT2D eigenvalue weighted by Gasteiger charge is 2.49. The Hall–Kier alpha value is -3.62. The predicted octanol–water partition coefficient (Wildman–Crippen LogP) is 1.89. The molecule has 2 aromatic rings. The Kier molecular flexibility index (Phi) is 4.44. The van der Waals surface area contributed by atoms with Crippen molar-refractivity contribution in [2.45, 2.75) is 12.1 Å². The Labute approximate surface area is 145 Å². The minimum Gasteiger partial charge on any atom is -0.446 e. The number of benzene rings is 2. The van der Waals surface area contributed by atoms with E-state index in [0.717, 1.165) is 12.1 Å². The van der Waals surface area contributed by atoms with Crippen LogP contribution in [0.25, 0.3) is 0 Å². The molecular formula is C17H11FN2O6. The van der Waals surface area contributed by atoms with Crippen LogP contribution in [-0.2, 0) is 14.3 Å². The number of nitro groups is 1. The van der Waals surface area contributed by atoms with Crippen LogP contribution in [0.1, 0.15) is 22.0 Å². The van der Waals surface area contributed by atoms with Gasteiger partial charge >= 0.3 is 12.0 Å². The number of amides is 1. The molecule has 26 heavy (non-hydrogen) atoms. The number of cyclic esters (lactones) is 1. The summed E-state index contributed by atoms with van der Waals surface area (Å²) in [4.78, 5) is 46.7. The number of ether oxygens (including phenoxy) is 1. The van der Waals surface area contributed by atoms with Crippen LogP contribution in [0.4, 0.5) is 10.1 Å². The maximum absolute atomic E-state index is 12.9. The Balaban J connectivity index is 1.85. The van der Waals surface area contributed by atoms with Gasteiger partial charge in [0.05, 0.1) is 5.56 Å². The number of esters is 1. The molecule has 0 radical (unpaired) electrons. The van der Waals surface area contributed by atoms with Crippen LogP contribution >= 0.6 is 0 Å². The molecule has 2 aromatic carbocycles. The van der Waals surface area contributed by atoms with E-state index < -0.39 is 40.5 Å². The van der Waals surface area contributed by atoms with Crippen molar-refractivity contribution in [2.24, 2.45) is 0 Å². The van der Waals surface area contributed by atoms with Crippen LogP contribution in [0.5, 0.6) is 0 Å². The highest BCUT2D eigenvalue weighted by atomic mass is 19.1. The lowest BCUT2D eigenvalue weighted by Gasteiger charge is -2.15. The quantitative estimate of drug-likeness (QED) is 0.378. The van der Waals surface area contributed by atoms with E-state index in [0.29, 0.717) is 0 Å². The third-order valence-corrected chi connectivity index (χ3v) is 3.83. The van der Waals surface area contributed by atoms with Crippen molar-refractivity contribution < 1.29 is 28.4 Å². The van der Waals surface area contributed by atoms with Crippen LogP contribution in [0, 0.1) is 15.9 Å². The monoisotopic (exact) mass is 358 g/mol. The number of rotatable bonds is 5. The van der Waals surface area contributed by atoms with Crippen LogP contribution < -0.4 is 5.32 Å². The first kappa shape index (κ1) is 17.2. The zero-order valence-corrected chi connectivity index (χ0v) is 13.0. The van der Waals surface area contributed by atoms with E-state index in [1.54, 1.807) is 6.07 Å². The second-order valence-corrected chi connectivity index (χ2v) is 5.47. The topological polar surface area (TPSA) is 116 Å². The number of anilines is 1. The molecule has 0 aromatic heterocycles. The van der Waals surface area contributed by atoms with Crippen molar-refractivity contribution >= 4 is 23.3 Å². The average Bonchev–Trinajstić information content (AvgIpc) is 2.94. The smallest absolute Gasteiger partial charge is 0.339 e. The molecule has 1 aliphatic rings. The van der Waals surface area contributed by atoms with Crippen LogP contribution in [0.15, 0.2) is 48.5 Å². The summed E-state index contributed by atoms with van der Waals surface area (Å²) in [7, 11) is 0. The first-order valence-electron chi connectivity index (χ1n) is 7.42. The van der Waals surface area contributed by atoms with Crippen molar-refractivity contribution in [3.8, 4) is 0 Å². The molecule has 132 valence electrons. The number of hydrogen-bond donors (Lipinski definition) is 1. The first-order valence-corrected chi connectivity index (χ1v) is 7.42. The van der Waals surface area contributed by atoms with Gasteiger partial charge in [0.2, 0.25) is 6.10 Å². The standard InChI is InChI=1S/C17H11FN2O6/c18-9-5-7-10(8-6-9)19-16(22)14(21)13(20(24)25)15-11-3-1-2-4-12(11)17(23)26-15/h1-8,13,15H,(H,19,22)/t13-,15-/m0/s1. The van der Waals surface area contributed by atoms with E-state index in [-0.39, 0.29) is 16.8 Å². The molecule has 9 heteroatoms. The van der Waals surface area contributed by atoms with Crippen LogP contribution in [-0.4, -0.2) is 28.6 Å².